The van der Waals surface area contributed by atoms with Crippen LogP contribution in [-0.2, 0) is 25.8 Å². The molecule has 0 aromatic heterocycles. The summed E-state index contributed by atoms with van der Waals surface area (Å²) in [6, 6.07) is 11.6. The van der Waals surface area contributed by atoms with Crippen LogP contribution in [-0.4, -0.2) is 7.05 Å². The molecule has 0 saturated heterocycles. The molecule has 0 bridgehead atoms. The van der Waals surface area contributed by atoms with Crippen molar-refractivity contribution in [2.24, 2.45) is 0 Å². The summed E-state index contributed by atoms with van der Waals surface area (Å²) in [6.07, 6.45) is 9.38. The van der Waals surface area contributed by atoms with E-state index in [2.05, 4.69) is 47.8 Å². The Labute approximate surface area is 126 Å². The van der Waals surface area contributed by atoms with E-state index in [1.165, 1.54) is 53.5 Å². The second-order valence-electron chi connectivity index (χ2n) is 6.12. The molecule has 21 heavy (non-hydrogen) atoms. The van der Waals surface area contributed by atoms with E-state index in [9.17, 15) is 0 Å². The first-order valence-electron chi connectivity index (χ1n) is 7.95. The Bertz CT molecular complexity index is 725. The molecule has 4 rings (SSSR count). The van der Waals surface area contributed by atoms with Gasteiger partial charge < -0.3 is 5.32 Å². The Balaban J connectivity index is 1.88. The van der Waals surface area contributed by atoms with Crippen LogP contribution in [0.4, 0.5) is 0 Å². The summed E-state index contributed by atoms with van der Waals surface area (Å²) in [6.45, 7) is 0.941. The molecular weight excluding hydrogens is 254 g/mol. The second kappa shape index (κ2) is 5.16. The molecule has 2 aromatic rings. The lowest BCUT2D eigenvalue weighted by atomic mass is 9.79. The summed E-state index contributed by atoms with van der Waals surface area (Å²) in [5, 5.41) is 3.26. The van der Waals surface area contributed by atoms with Gasteiger partial charge in [0.1, 0.15) is 0 Å². The first-order valence-corrected chi connectivity index (χ1v) is 7.95. The van der Waals surface area contributed by atoms with E-state index in [4.69, 9.17) is 0 Å². The molecule has 0 fully saturated rings. The van der Waals surface area contributed by atoms with Crippen LogP contribution in [0.3, 0.4) is 0 Å². The fourth-order valence-corrected chi connectivity index (χ4v) is 3.80. The van der Waals surface area contributed by atoms with Crippen molar-refractivity contribution in [1.29, 1.82) is 0 Å². The van der Waals surface area contributed by atoms with Gasteiger partial charge in [0.2, 0.25) is 0 Å². The number of hydrogen-bond donors (Lipinski definition) is 1. The summed E-state index contributed by atoms with van der Waals surface area (Å²) < 4.78 is 0. The molecule has 0 saturated carbocycles. The zero-order chi connectivity index (χ0) is 14.2. The molecular formula is C20H21N. The van der Waals surface area contributed by atoms with E-state index in [1.54, 1.807) is 11.1 Å². The number of fused-ring (bicyclic) bond motifs is 5. The number of rotatable bonds is 2. The van der Waals surface area contributed by atoms with E-state index in [1.807, 2.05) is 7.05 Å². The third-order valence-corrected chi connectivity index (χ3v) is 4.82. The maximum absolute atomic E-state index is 3.26. The van der Waals surface area contributed by atoms with Gasteiger partial charge in [0.25, 0.3) is 0 Å². The average Bonchev–Trinajstić information content (AvgIpc) is 2.54. The summed E-state index contributed by atoms with van der Waals surface area (Å²) >= 11 is 0. The van der Waals surface area contributed by atoms with Gasteiger partial charge in [-0.1, -0.05) is 36.4 Å². The van der Waals surface area contributed by atoms with E-state index >= 15 is 0 Å². The Morgan fingerprint density at radius 2 is 1.90 bits per heavy atom. The fourth-order valence-electron chi connectivity index (χ4n) is 3.80. The van der Waals surface area contributed by atoms with Crippen LogP contribution in [0.15, 0.2) is 36.4 Å². The quantitative estimate of drug-likeness (QED) is 0.869. The van der Waals surface area contributed by atoms with Crippen molar-refractivity contribution >= 4 is 6.08 Å². The molecule has 1 N–H and O–H groups in total. The molecule has 0 heterocycles. The molecule has 1 heteroatoms. The second-order valence-corrected chi connectivity index (χ2v) is 6.12. The fraction of sp³-hybridized carbons (Fsp3) is 0.300. The van der Waals surface area contributed by atoms with Crippen LogP contribution in [0, 0.1) is 0 Å². The minimum Gasteiger partial charge on any atom is -0.316 e. The summed E-state index contributed by atoms with van der Waals surface area (Å²) in [5.41, 5.74) is 10.5. The summed E-state index contributed by atoms with van der Waals surface area (Å²) in [7, 11) is 2.01. The van der Waals surface area contributed by atoms with Gasteiger partial charge in [0, 0.05) is 6.54 Å². The van der Waals surface area contributed by atoms with E-state index in [0.717, 1.165) is 6.54 Å². The maximum atomic E-state index is 3.26. The lowest BCUT2D eigenvalue weighted by molar-refractivity contribution is 0.815. The largest absolute Gasteiger partial charge is 0.316 e. The number of nitrogens with one attached hydrogen (secondary N) is 1. The van der Waals surface area contributed by atoms with Crippen LogP contribution in [0.25, 0.3) is 17.2 Å². The minimum absolute atomic E-state index is 0.941. The van der Waals surface area contributed by atoms with Crippen molar-refractivity contribution in [3.05, 3.63) is 64.2 Å². The molecule has 2 aliphatic rings. The number of allylic oxidation sites excluding steroid dienone is 1. The molecule has 2 aromatic carbocycles. The van der Waals surface area contributed by atoms with E-state index < -0.39 is 0 Å². The molecule has 106 valence electrons. The first kappa shape index (κ1) is 12.8. The van der Waals surface area contributed by atoms with Crippen LogP contribution >= 0.6 is 0 Å². The van der Waals surface area contributed by atoms with Crippen molar-refractivity contribution in [3.63, 3.8) is 0 Å². The third kappa shape index (κ3) is 2.13. The van der Waals surface area contributed by atoms with Gasteiger partial charge in [0.15, 0.2) is 0 Å². The van der Waals surface area contributed by atoms with Crippen molar-refractivity contribution in [1.82, 2.24) is 5.32 Å². The molecule has 0 aliphatic heterocycles. The minimum atomic E-state index is 0.941. The highest BCUT2D eigenvalue weighted by Crippen LogP contribution is 2.38. The predicted octanol–water partition coefficient (Wildman–Crippen LogP) is 4.13. The predicted molar refractivity (Wildman–Crippen MR) is 89.4 cm³/mol. The van der Waals surface area contributed by atoms with Crippen LogP contribution in [0.5, 0.6) is 0 Å². The highest BCUT2D eigenvalue weighted by atomic mass is 14.8. The van der Waals surface area contributed by atoms with Gasteiger partial charge in [-0.25, -0.2) is 0 Å². The van der Waals surface area contributed by atoms with Crippen molar-refractivity contribution in [2.45, 2.75) is 32.2 Å². The van der Waals surface area contributed by atoms with E-state index in [0.29, 0.717) is 0 Å². The smallest absolute Gasteiger partial charge is 0.0202 e. The van der Waals surface area contributed by atoms with Gasteiger partial charge >= 0.3 is 0 Å². The molecule has 0 atom stereocenters. The summed E-state index contributed by atoms with van der Waals surface area (Å²) in [5.74, 6) is 0. The van der Waals surface area contributed by atoms with Crippen LogP contribution < -0.4 is 5.32 Å². The van der Waals surface area contributed by atoms with Gasteiger partial charge in [-0.3, -0.25) is 0 Å². The normalized spacial score (nSPS) is 15.3. The zero-order valence-electron chi connectivity index (χ0n) is 12.6. The van der Waals surface area contributed by atoms with Gasteiger partial charge in [-0.05, 0) is 77.7 Å². The highest BCUT2D eigenvalue weighted by Gasteiger charge is 2.21. The molecule has 0 unspecified atom stereocenters. The molecule has 0 spiro atoms. The Kier molecular flexibility index (Phi) is 3.16. The summed E-state index contributed by atoms with van der Waals surface area (Å²) in [4.78, 5) is 0. The van der Waals surface area contributed by atoms with Crippen molar-refractivity contribution in [3.8, 4) is 11.1 Å². The Morgan fingerprint density at radius 1 is 0.952 bits per heavy atom. The Hall–Kier alpha value is -1.86. The average molecular weight is 275 g/mol. The van der Waals surface area contributed by atoms with Gasteiger partial charge in [-0.15, -0.1) is 0 Å². The Morgan fingerprint density at radius 3 is 2.81 bits per heavy atom. The lowest BCUT2D eigenvalue weighted by Crippen LogP contribution is -2.11. The van der Waals surface area contributed by atoms with Crippen molar-refractivity contribution in [2.75, 3.05) is 7.05 Å². The van der Waals surface area contributed by atoms with Crippen molar-refractivity contribution < 1.29 is 0 Å². The number of aryl methyl sites for hydroxylation is 1. The number of hydrogen-bond acceptors (Lipinski definition) is 1. The lowest BCUT2D eigenvalue weighted by Gasteiger charge is -2.25. The highest BCUT2D eigenvalue weighted by molar-refractivity contribution is 5.77. The van der Waals surface area contributed by atoms with E-state index in [-0.39, 0.29) is 0 Å². The first-order chi connectivity index (χ1) is 10.4. The SMILES string of the molecule is CNCc1ccc2c(c1)-c1ccc3c(c1CC2)CCC=C3. The topological polar surface area (TPSA) is 12.0 Å². The molecule has 0 radical (unpaired) electrons. The molecule has 0 amide bonds. The van der Waals surface area contributed by atoms with Gasteiger partial charge in [-0.2, -0.15) is 0 Å². The zero-order valence-corrected chi connectivity index (χ0v) is 12.6. The molecule has 1 nitrogen and oxygen atoms in total. The monoisotopic (exact) mass is 275 g/mol. The standard InChI is InChI=1S/C20H21N/c1-21-13-14-6-7-16-9-10-18-17-5-3-2-4-15(17)8-11-19(18)20(16)12-14/h2,4,6-8,11-12,21H,3,5,9-10,13H2,1H3. The van der Waals surface area contributed by atoms with Crippen LogP contribution in [0.2, 0.25) is 0 Å². The molecule has 2 aliphatic carbocycles. The number of benzene rings is 2. The van der Waals surface area contributed by atoms with Gasteiger partial charge in [0.05, 0.1) is 0 Å². The third-order valence-electron chi connectivity index (χ3n) is 4.82. The maximum Gasteiger partial charge on any atom is 0.0202 e. The van der Waals surface area contributed by atoms with Crippen LogP contribution in [0.1, 0.15) is 34.2 Å².